The SMILES string of the molecule is CCC1CCCC1(Cl)Cc1ccccc1. The molecule has 1 saturated carbocycles. The van der Waals surface area contributed by atoms with Crippen molar-refractivity contribution in [2.45, 2.75) is 43.9 Å². The quantitative estimate of drug-likeness (QED) is 0.665. The monoisotopic (exact) mass is 222 g/mol. The Hall–Kier alpha value is -0.490. The van der Waals surface area contributed by atoms with Crippen LogP contribution in [-0.4, -0.2) is 4.87 Å². The van der Waals surface area contributed by atoms with Crippen molar-refractivity contribution in [2.75, 3.05) is 0 Å². The smallest absolute Gasteiger partial charge is 0.0515 e. The maximum Gasteiger partial charge on any atom is 0.0515 e. The molecule has 1 aliphatic rings. The van der Waals surface area contributed by atoms with Crippen molar-refractivity contribution in [1.29, 1.82) is 0 Å². The van der Waals surface area contributed by atoms with E-state index in [2.05, 4.69) is 37.3 Å². The lowest BCUT2D eigenvalue weighted by Crippen LogP contribution is -2.28. The molecular formula is C14H19Cl. The van der Waals surface area contributed by atoms with E-state index in [-0.39, 0.29) is 4.87 Å². The molecule has 0 spiro atoms. The van der Waals surface area contributed by atoms with E-state index in [0.29, 0.717) is 5.92 Å². The van der Waals surface area contributed by atoms with E-state index in [1.54, 1.807) is 0 Å². The first-order valence-electron chi connectivity index (χ1n) is 5.97. The fourth-order valence-electron chi connectivity index (χ4n) is 2.84. The van der Waals surface area contributed by atoms with Gasteiger partial charge in [0.05, 0.1) is 4.87 Å². The third-order valence-electron chi connectivity index (χ3n) is 3.71. The van der Waals surface area contributed by atoms with Gasteiger partial charge in [-0.25, -0.2) is 0 Å². The number of rotatable bonds is 3. The predicted octanol–water partition coefficient (Wildman–Crippen LogP) is 4.42. The van der Waals surface area contributed by atoms with Gasteiger partial charge in [-0.3, -0.25) is 0 Å². The summed E-state index contributed by atoms with van der Waals surface area (Å²) in [6.45, 7) is 2.26. The van der Waals surface area contributed by atoms with Crippen LogP contribution in [0.4, 0.5) is 0 Å². The molecule has 1 aromatic rings. The van der Waals surface area contributed by atoms with Gasteiger partial charge in [0.1, 0.15) is 0 Å². The van der Waals surface area contributed by atoms with E-state index >= 15 is 0 Å². The van der Waals surface area contributed by atoms with Gasteiger partial charge in [0.15, 0.2) is 0 Å². The van der Waals surface area contributed by atoms with Gasteiger partial charge in [0.2, 0.25) is 0 Å². The lowest BCUT2D eigenvalue weighted by atomic mass is 9.87. The van der Waals surface area contributed by atoms with E-state index < -0.39 is 0 Å². The number of benzene rings is 1. The minimum absolute atomic E-state index is 0.0378. The molecule has 2 rings (SSSR count). The van der Waals surface area contributed by atoms with Crippen molar-refractivity contribution in [3.05, 3.63) is 35.9 Å². The highest BCUT2D eigenvalue weighted by molar-refractivity contribution is 6.24. The normalized spacial score (nSPS) is 30.7. The van der Waals surface area contributed by atoms with Gasteiger partial charge in [-0.05, 0) is 30.7 Å². The van der Waals surface area contributed by atoms with Crippen molar-refractivity contribution in [1.82, 2.24) is 0 Å². The van der Waals surface area contributed by atoms with Gasteiger partial charge in [-0.1, -0.05) is 50.1 Å². The molecular weight excluding hydrogens is 204 g/mol. The van der Waals surface area contributed by atoms with Crippen LogP contribution in [0.5, 0.6) is 0 Å². The standard InChI is InChI=1S/C14H19Cl/c1-2-13-9-6-10-14(13,15)11-12-7-4-3-5-8-12/h3-5,7-8,13H,2,6,9-11H2,1H3. The van der Waals surface area contributed by atoms with E-state index in [1.165, 1.54) is 31.2 Å². The summed E-state index contributed by atoms with van der Waals surface area (Å²) < 4.78 is 0. The van der Waals surface area contributed by atoms with Crippen LogP contribution in [0.1, 0.15) is 38.2 Å². The Morgan fingerprint density at radius 3 is 2.73 bits per heavy atom. The summed E-state index contributed by atoms with van der Waals surface area (Å²) in [7, 11) is 0. The van der Waals surface area contributed by atoms with Crippen molar-refractivity contribution < 1.29 is 0 Å². The van der Waals surface area contributed by atoms with Gasteiger partial charge in [-0.15, -0.1) is 11.6 Å². The highest BCUT2D eigenvalue weighted by Gasteiger charge is 2.39. The molecule has 15 heavy (non-hydrogen) atoms. The molecule has 0 amide bonds. The van der Waals surface area contributed by atoms with Crippen molar-refractivity contribution >= 4 is 11.6 Å². The van der Waals surface area contributed by atoms with Crippen LogP contribution in [-0.2, 0) is 6.42 Å². The highest BCUT2D eigenvalue weighted by atomic mass is 35.5. The summed E-state index contributed by atoms with van der Waals surface area (Å²) >= 11 is 6.77. The molecule has 0 bridgehead atoms. The van der Waals surface area contributed by atoms with Crippen LogP contribution in [0.2, 0.25) is 0 Å². The topological polar surface area (TPSA) is 0 Å². The number of halogens is 1. The van der Waals surface area contributed by atoms with Crippen LogP contribution in [0.3, 0.4) is 0 Å². The Balaban J connectivity index is 2.10. The molecule has 2 atom stereocenters. The second-order valence-electron chi connectivity index (χ2n) is 4.69. The minimum Gasteiger partial charge on any atom is -0.119 e. The van der Waals surface area contributed by atoms with Crippen LogP contribution >= 0.6 is 11.6 Å². The zero-order chi connectivity index (χ0) is 10.7. The molecule has 0 heterocycles. The zero-order valence-corrected chi connectivity index (χ0v) is 10.1. The summed E-state index contributed by atoms with van der Waals surface area (Å²) in [5, 5.41) is 0. The molecule has 0 radical (unpaired) electrons. The van der Waals surface area contributed by atoms with E-state index in [0.717, 1.165) is 6.42 Å². The first-order chi connectivity index (χ1) is 7.24. The molecule has 0 nitrogen and oxygen atoms in total. The van der Waals surface area contributed by atoms with Gasteiger partial charge in [0, 0.05) is 0 Å². The van der Waals surface area contributed by atoms with Gasteiger partial charge in [0.25, 0.3) is 0 Å². The van der Waals surface area contributed by atoms with Gasteiger partial charge in [-0.2, -0.15) is 0 Å². The lowest BCUT2D eigenvalue weighted by Gasteiger charge is -2.28. The highest BCUT2D eigenvalue weighted by Crippen LogP contribution is 2.45. The first-order valence-corrected chi connectivity index (χ1v) is 6.35. The minimum atomic E-state index is 0.0378. The third-order valence-corrected chi connectivity index (χ3v) is 4.34. The molecule has 0 N–H and O–H groups in total. The number of hydrogen-bond acceptors (Lipinski definition) is 0. The van der Waals surface area contributed by atoms with Crippen LogP contribution in [0.15, 0.2) is 30.3 Å². The summed E-state index contributed by atoms with van der Waals surface area (Å²) in [6, 6.07) is 10.7. The molecule has 0 aromatic heterocycles. The van der Waals surface area contributed by atoms with E-state index in [9.17, 15) is 0 Å². The first kappa shape index (κ1) is 11.0. The van der Waals surface area contributed by atoms with Crippen molar-refractivity contribution in [2.24, 2.45) is 5.92 Å². The lowest BCUT2D eigenvalue weighted by molar-refractivity contribution is 0.408. The summed E-state index contributed by atoms with van der Waals surface area (Å²) in [5.74, 6) is 0.708. The predicted molar refractivity (Wildman–Crippen MR) is 66.4 cm³/mol. The average molecular weight is 223 g/mol. The second-order valence-corrected chi connectivity index (χ2v) is 5.45. The second kappa shape index (κ2) is 4.57. The van der Waals surface area contributed by atoms with Gasteiger partial charge < -0.3 is 0 Å². The molecule has 0 aliphatic heterocycles. The Bertz CT molecular complexity index is 306. The van der Waals surface area contributed by atoms with E-state index in [1.807, 2.05) is 0 Å². The number of alkyl halides is 1. The van der Waals surface area contributed by atoms with Crippen molar-refractivity contribution in [3.63, 3.8) is 0 Å². The van der Waals surface area contributed by atoms with Crippen molar-refractivity contribution in [3.8, 4) is 0 Å². The van der Waals surface area contributed by atoms with Crippen LogP contribution in [0, 0.1) is 5.92 Å². The maximum absolute atomic E-state index is 6.77. The molecule has 82 valence electrons. The summed E-state index contributed by atoms with van der Waals surface area (Å²) in [6.07, 6.45) is 6.05. The van der Waals surface area contributed by atoms with Crippen LogP contribution < -0.4 is 0 Å². The molecule has 1 aliphatic carbocycles. The Kier molecular flexibility index (Phi) is 3.35. The Morgan fingerprint density at radius 2 is 2.07 bits per heavy atom. The third kappa shape index (κ3) is 2.36. The number of hydrogen-bond donors (Lipinski definition) is 0. The van der Waals surface area contributed by atoms with E-state index in [4.69, 9.17) is 11.6 Å². The fourth-order valence-corrected chi connectivity index (χ4v) is 3.39. The Morgan fingerprint density at radius 1 is 1.33 bits per heavy atom. The molecule has 2 unspecified atom stereocenters. The largest absolute Gasteiger partial charge is 0.119 e. The Labute approximate surface area is 97.6 Å². The maximum atomic E-state index is 6.77. The van der Waals surface area contributed by atoms with Crippen LogP contribution in [0.25, 0.3) is 0 Å². The van der Waals surface area contributed by atoms with Gasteiger partial charge >= 0.3 is 0 Å². The summed E-state index contributed by atoms with van der Waals surface area (Å²) in [5.41, 5.74) is 1.38. The molecule has 1 aromatic carbocycles. The summed E-state index contributed by atoms with van der Waals surface area (Å²) in [4.78, 5) is 0.0378. The average Bonchev–Trinajstić information content (AvgIpc) is 2.60. The molecule has 1 heteroatoms. The fraction of sp³-hybridized carbons (Fsp3) is 0.571. The molecule has 1 fully saturated rings. The zero-order valence-electron chi connectivity index (χ0n) is 9.38. The molecule has 0 saturated heterocycles.